The van der Waals surface area contributed by atoms with E-state index in [1.165, 1.54) is 25.1 Å². The molecule has 6 N–H and O–H groups in total. The number of ketones is 1. The molecule has 0 saturated carbocycles. The number of phenols is 2. The van der Waals surface area contributed by atoms with E-state index in [2.05, 4.69) is 35.1 Å². The molecule has 1 amide bonds. The topological polar surface area (TPSA) is 235 Å². The molecule has 0 aromatic heterocycles. The minimum Gasteiger partial charge on any atom is -0.506 e. The number of nitrogens with one attached hydrogen (secondary N) is 1. The zero-order valence-electron chi connectivity index (χ0n) is 22.0. The van der Waals surface area contributed by atoms with E-state index in [1.54, 1.807) is 36.4 Å². The fourth-order valence-electron chi connectivity index (χ4n) is 3.64. The maximum absolute atomic E-state index is 12.7. The second kappa shape index (κ2) is 13.5. The second-order valence-electron chi connectivity index (χ2n) is 8.68. The number of aromatic hydroxyl groups is 2. The Morgan fingerprint density at radius 2 is 1.72 bits per heavy atom. The third kappa shape index (κ3) is 7.74. The van der Waals surface area contributed by atoms with Crippen molar-refractivity contribution >= 4 is 67.3 Å². The van der Waals surface area contributed by atoms with Crippen molar-refractivity contribution < 1.29 is 42.8 Å². The lowest BCUT2D eigenvalue weighted by Crippen LogP contribution is -2.31. The quantitative estimate of drug-likeness (QED) is 0.0466. The van der Waals surface area contributed by atoms with Gasteiger partial charge in [-0.3, -0.25) is 9.59 Å². The summed E-state index contributed by atoms with van der Waals surface area (Å²) in [6.07, 6.45) is 0. The Morgan fingerprint density at radius 1 is 0.977 bits per heavy atom. The summed E-state index contributed by atoms with van der Waals surface area (Å²) >= 11 is 0.460. The molecular formula is C26H22N6O9S2. The molecule has 0 spiro atoms. The summed E-state index contributed by atoms with van der Waals surface area (Å²) in [5, 5.41) is 57.5. The van der Waals surface area contributed by atoms with Gasteiger partial charge in [-0.2, -0.15) is 10.2 Å². The monoisotopic (exact) mass is 626 g/mol. The van der Waals surface area contributed by atoms with Crippen molar-refractivity contribution in [2.75, 3.05) is 5.32 Å². The number of benzene rings is 4. The van der Waals surface area contributed by atoms with E-state index >= 15 is 0 Å². The highest BCUT2D eigenvalue weighted by atomic mass is 32.2. The first kappa shape index (κ1) is 31.2. The number of rotatable bonds is 11. The van der Waals surface area contributed by atoms with E-state index in [4.69, 9.17) is 10.4 Å². The molecule has 0 heterocycles. The number of nitrogens with zero attached hydrogens (tertiary/aromatic N) is 4. The van der Waals surface area contributed by atoms with Crippen molar-refractivity contribution in [3.8, 4) is 11.5 Å². The fourth-order valence-corrected chi connectivity index (χ4v) is 4.67. The number of carbonyl (C=O) groups is 2. The number of fused-ring (bicyclic) bond motifs is 1. The Morgan fingerprint density at radius 3 is 2.40 bits per heavy atom. The van der Waals surface area contributed by atoms with Gasteiger partial charge in [0.2, 0.25) is 16.1 Å². The predicted octanol–water partition coefficient (Wildman–Crippen LogP) is 5.42. The Labute approximate surface area is 247 Å². The van der Waals surface area contributed by atoms with Crippen molar-refractivity contribution in [2.45, 2.75) is 22.8 Å². The average molecular weight is 627 g/mol. The van der Waals surface area contributed by atoms with Crippen molar-refractivity contribution in [3.05, 3.63) is 72.8 Å². The third-order valence-corrected chi connectivity index (χ3v) is 7.22. The number of primary sulfonamides is 1. The molecule has 1 atom stereocenters. The Kier molecular flexibility index (Phi) is 9.76. The SMILES string of the molecule is CC(=O)C(N=Nc1ccc2cc(SOOO)c(N=Nc3cc(S(N)(=O)=O)ccc3O)c(O)c2c1)C(=O)Nc1ccccc1. The molecule has 0 bridgehead atoms. The Hall–Kier alpha value is -4.78. The fraction of sp³-hybridized carbons (Fsp3) is 0.0769. The number of sulfonamides is 1. The Balaban J connectivity index is 1.71. The van der Waals surface area contributed by atoms with Gasteiger partial charge < -0.3 is 15.5 Å². The number of para-hydroxylation sites is 1. The van der Waals surface area contributed by atoms with E-state index < -0.39 is 39.3 Å². The van der Waals surface area contributed by atoms with Gasteiger partial charge in [0.1, 0.15) is 17.1 Å². The summed E-state index contributed by atoms with van der Waals surface area (Å²) in [6.45, 7) is 1.20. The van der Waals surface area contributed by atoms with Gasteiger partial charge in [-0.1, -0.05) is 29.3 Å². The highest BCUT2D eigenvalue weighted by Gasteiger charge is 2.23. The van der Waals surface area contributed by atoms with Crippen LogP contribution in [0.3, 0.4) is 0 Å². The lowest BCUT2D eigenvalue weighted by atomic mass is 10.1. The summed E-state index contributed by atoms with van der Waals surface area (Å²) in [6, 6.07) is 16.1. The van der Waals surface area contributed by atoms with E-state index in [9.17, 15) is 28.2 Å². The molecular weight excluding hydrogens is 604 g/mol. The number of azo groups is 2. The van der Waals surface area contributed by atoms with Gasteiger partial charge in [-0.05, 0) is 60.8 Å². The molecule has 0 aliphatic carbocycles. The molecule has 0 aliphatic heterocycles. The molecule has 43 heavy (non-hydrogen) atoms. The minimum atomic E-state index is -4.12. The molecule has 0 fully saturated rings. The lowest BCUT2D eigenvalue weighted by molar-refractivity contribution is -0.432. The van der Waals surface area contributed by atoms with Crippen molar-refractivity contribution in [1.82, 2.24) is 0 Å². The van der Waals surface area contributed by atoms with Crippen LogP contribution in [0.4, 0.5) is 22.7 Å². The van der Waals surface area contributed by atoms with Gasteiger partial charge >= 0.3 is 0 Å². The zero-order valence-corrected chi connectivity index (χ0v) is 23.6. The van der Waals surface area contributed by atoms with Crippen LogP contribution in [0.15, 0.2) is 103 Å². The summed E-state index contributed by atoms with van der Waals surface area (Å²) < 4.78 is 27.9. The molecule has 0 saturated heterocycles. The number of amides is 1. The van der Waals surface area contributed by atoms with Crippen LogP contribution >= 0.6 is 12.0 Å². The summed E-state index contributed by atoms with van der Waals surface area (Å²) in [5.74, 6) is -2.13. The van der Waals surface area contributed by atoms with Gasteiger partial charge in [0.15, 0.2) is 11.5 Å². The van der Waals surface area contributed by atoms with Crippen LogP contribution in [0.5, 0.6) is 11.5 Å². The zero-order chi connectivity index (χ0) is 31.1. The number of hydrogen-bond acceptors (Lipinski definition) is 14. The molecule has 4 rings (SSSR count). The third-order valence-electron chi connectivity index (χ3n) is 5.69. The highest BCUT2D eigenvalue weighted by Crippen LogP contribution is 2.45. The largest absolute Gasteiger partial charge is 0.506 e. The standard InChI is InChI=1S/C26H22N6O9S2/c1-14(33)23(26(36)28-16-5-3-2-4-6-16)31-29-17-8-7-15-11-22(42-41-40-37)24(25(35)19(15)12-17)32-30-20-13-18(43(27,38)39)9-10-21(20)34/h2-13,23,34-35,37H,1H3,(H,28,36)(H2,27,38,39). The second-order valence-corrected chi connectivity index (χ2v) is 11.0. The van der Waals surface area contributed by atoms with Gasteiger partial charge in [-0.15, -0.1) is 14.6 Å². The molecule has 4 aromatic rings. The van der Waals surface area contributed by atoms with Gasteiger partial charge in [0.25, 0.3) is 5.91 Å². The molecule has 4 aromatic carbocycles. The summed E-state index contributed by atoms with van der Waals surface area (Å²) in [7, 11) is -4.12. The van der Waals surface area contributed by atoms with Crippen LogP contribution in [-0.4, -0.2) is 41.6 Å². The number of phenolic OH excluding ortho intramolecular Hbond substituents is 2. The molecule has 222 valence electrons. The van der Waals surface area contributed by atoms with Crippen LogP contribution in [0, 0.1) is 0 Å². The van der Waals surface area contributed by atoms with Crippen LogP contribution < -0.4 is 10.5 Å². The van der Waals surface area contributed by atoms with Crippen molar-refractivity contribution in [3.63, 3.8) is 0 Å². The number of nitrogens with two attached hydrogens (primary N) is 1. The number of anilines is 1. The predicted molar refractivity (Wildman–Crippen MR) is 154 cm³/mol. The first-order chi connectivity index (χ1) is 20.5. The van der Waals surface area contributed by atoms with Crippen LogP contribution in [-0.2, 0) is 29.0 Å². The molecule has 17 heteroatoms. The van der Waals surface area contributed by atoms with Crippen molar-refractivity contribution in [2.24, 2.45) is 25.6 Å². The average Bonchev–Trinajstić information content (AvgIpc) is 2.96. The maximum Gasteiger partial charge on any atom is 0.258 e. The molecule has 1 unspecified atom stereocenters. The number of hydrogen-bond donors (Lipinski definition) is 5. The van der Waals surface area contributed by atoms with Crippen LogP contribution in [0.1, 0.15) is 6.92 Å². The highest BCUT2D eigenvalue weighted by molar-refractivity contribution is 7.94. The number of Topliss-reactive ketones (excluding diaryl/α,β-unsaturated/α-hetero) is 1. The normalized spacial score (nSPS) is 12.6. The molecule has 15 nitrogen and oxygen atoms in total. The van der Waals surface area contributed by atoms with E-state index in [0.717, 1.165) is 18.2 Å². The Bertz CT molecular complexity index is 1850. The van der Waals surface area contributed by atoms with Crippen LogP contribution in [0.25, 0.3) is 10.8 Å². The number of carbonyl (C=O) groups excluding carboxylic acids is 2. The van der Waals surface area contributed by atoms with Gasteiger partial charge in [0.05, 0.1) is 27.5 Å². The van der Waals surface area contributed by atoms with Gasteiger partial charge in [0, 0.05) is 11.1 Å². The lowest BCUT2D eigenvalue weighted by Gasteiger charge is -2.10. The van der Waals surface area contributed by atoms with Gasteiger partial charge in [-0.25, -0.2) is 18.8 Å². The van der Waals surface area contributed by atoms with E-state index in [1.807, 2.05) is 0 Å². The van der Waals surface area contributed by atoms with Crippen molar-refractivity contribution in [1.29, 1.82) is 0 Å². The van der Waals surface area contributed by atoms with E-state index in [-0.39, 0.29) is 32.2 Å². The first-order valence-electron chi connectivity index (χ1n) is 12.0. The summed E-state index contributed by atoms with van der Waals surface area (Å²) in [5.41, 5.74) is 0.124. The minimum absolute atomic E-state index is 0.0912. The van der Waals surface area contributed by atoms with E-state index in [0.29, 0.717) is 23.1 Å². The summed E-state index contributed by atoms with van der Waals surface area (Å²) in [4.78, 5) is 24.5. The molecule has 0 aliphatic rings. The first-order valence-corrected chi connectivity index (χ1v) is 14.3. The maximum atomic E-state index is 12.7. The van der Waals surface area contributed by atoms with Crippen LogP contribution in [0.2, 0.25) is 0 Å². The smallest absolute Gasteiger partial charge is 0.258 e. The molecule has 0 radical (unpaired) electrons.